The molecule has 2 bridgehead atoms. The highest BCUT2D eigenvalue weighted by Gasteiger charge is 2.52. The van der Waals surface area contributed by atoms with E-state index in [9.17, 15) is 0 Å². The molecule has 0 spiro atoms. The monoisotopic (exact) mass is 829 g/mol. The highest BCUT2D eigenvalue weighted by Crippen LogP contribution is 2.60. The number of aromatic nitrogens is 1. The van der Waals surface area contributed by atoms with E-state index in [1.54, 1.807) is 0 Å². The lowest BCUT2D eigenvalue weighted by molar-refractivity contribution is 0.320. The first-order valence-corrected chi connectivity index (χ1v) is 23.8. The Hall–Kier alpha value is -6.84. The van der Waals surface area contributed by atoms with Gasteiger partial charge in [-0.25, -0.2) is 0 Å². The Balaban J connectivity index is 0.955. The Labute approximate surface area is 378 Å². The average Bonchev–Trinajstić information content (AvgIpc) is 4.09. The Morgan fingerprint density at radius 1 is 0.406 bits per heavy atom. The summed E-state index contributed by atoms with van der Waals surface area (Å²) in [6, 6.07) is 77.3. The van der Waals surface area contributed by atoms with Gasteiger partial charge in [0.15, 0.2) is 0 Å². The molecule has 64 heavy (non-hydrogen) atoms. The van der Waals surface area contributed by atoms with Gasteiger partial charge in [-0.05, 0) is 158 Å². The fourth-order valence-corrected chi connectivity index (χ4v) is 12.4. The van der Waals surface area contributed by atoms with Crippen LogP contribution in [0.4, 0.5) is 34.1 Å². The number of nitrogens with zero attached hydrogens (tertiary/aromatic N) is 3. The van der Waals surface area contributed by atoms with E-state index in [0.717, 1.165) is 11.6 Å². The molecule has 3 aliphatic rings. The van der Waals surface area contributed by atoms with Crippen molar-refractivity contribution in [1.82, 2.24) is 4.57 Å². The van der Waals surface area contributed by atoms with Crippen LogP contribution < -0.4 is 9.80 Å². The number of hydrogen-bond acceptors (Lipinski definition) is 2. The molecule has 1 heterocycles. The van der Waals surface area contributed by atoms with Crippen molar-refractivity contribution in [3.8, 4) is 5.69 Å². The van der Waals surface area contributed by atoms with Gasteiger partial charge in [-0.3, -0.25) is 0 Å². The van der Waals surface area contributed by atoms with E-state index in [4.69, 9.17) is 0 Å². The number of rotatable bonds is 10. The lowest BCUT2D eigenvalue weighted by Gasteiger charge is -2.40. The fraction of sp³-hybridized carbons (Fsp3) is 0.213. The standard InChI is InChI=1S/C61H55N3/c1-5-15-45(16-6-1)46-26-33-53(34-27-46)63(56-39-40-58-57-23-13-14-24-59(57)64(60(58)42-56)52-21-11-4-12-22-52)55-37-31-48(32-38-55)61(43-44-25-28-49(61)41-44)47-29-35-54(36-30-47)62(50-17-7-2-8-18-50)51-19-9-3-10-20-51/h2-4,7-14,17-24,26-27,29-40,42,44-45,49H,1,5-6,15-16,25,28,41,43H2. The second-order valence-electron chi connectivity index (χ2n) is 18.8. The topological polar surface area (TPSA) is 11.4 Å². The number of para-hydroxylation sites is 4. The van der Waals surface area contributed by atoms with E-state index in [1.165, 1.54) is 130 Å². The van der Waals surface area contributed by atoms with Crippen LogP contribution in [0.25, 0.3) is 27.5 Å². The van der Waals surface area contributed by atoms with Crippen LogP contribution in [-0.2, 0) is 5.41 Å². The molecule has 3 nitrogen and oxygen atoms in total. The number of anilines is 6. The average molecular weight is 830 g/mol. The second kappa shape index (κ2) is 16.4. The van der Waals surface area contributed by atoms with Crippen molar-refractivity contribution in [3.63, 3.8) is 0 Å². The lowest BCUT2D eigenvalue weighted by atomic mass is 9.64. The molecule has 0 saturated heterocycles. The molecule has 3 aliphatic carbocycles. The minimum absolute atomic E-state index is 0.00763. The van der Waals surface area contributed by atoms with Crippen LogP contribution in [0.1, 0.15) is 80.4 Å². The molecule has 3 saturated carbocycles. The van der Waals surface area contributed by atoms with Crippen LogP contribution in [0, 0.1) is 11.8 Å². The molecule has 0 N–H and O–H groups in total. The van der Waals surface area contributed by atoms with E-state index in [0.29, 0.717) is 11.8 Å². The van der Waals surface area contributed by atoms with Crippen LogP contribution in [0.15, 0.2) is 206 Å². The van der Waals surface area contributed by atoms with Crippen molar-refractivity contribution >= 4 is 55.9 Å². The summed E-state index contributed by atoms with van der Waals surface area (Å²) in [5, 5.41) is 2.55. The molecule has 3 atom stereocenters. The third-order valence-corrected chi connectivity index (χ3v) is 15.3. The van der Waals surface area contributed by atoms with Gasteiger partial charge in [0.1, 0.15) is 0 Å². The van der Waals surface area contributed by atoms with E-state index in [2.05, 4.69) is 221 Å². The minimum Gasteiger partial charge on any atom is -0.311 e. The molecule has 8 aromatic carbocycles. The summed E-state index contributed by atoms with van der Waals surface area (Å²) >= 11 is 0. The van der Waals surface area contributed by atoms with Gasteiger partial charge >= 0.3 is 0 Å². The quantitative estimate of drug-likeness (QED) is 0.136. The molecule has 0 radical (unpaired) electrons. The molecule has 12 rings (SSSR count). The molecular weight excluding hydrogens is 775 g/mol. The maximum absolute atomic E-state index is 2.49. The van der Waals surface area contributed by atoms with E-state index < -0.39 is 0 Å². The first kappa shape index (κ1) is 38.8. The number of fused-ring (bicyclic) bond motifs is 5. The summed E-state index contributed by atoms with van der Waals surface area (Å²) in [4.78, 5) is 4.87. The molecule has 0 aliphatic heterocycles. The summed E-state index contributed by atoms with van der Waals surface area (Å²) in [5.41, 5.74) is 15.1. The molecule has 9 aromatic rings. The third kappa shape index (κ3) is 6.72. The van der Waals surface area contributed by atoms with Gasteiger partial charge < -0.3 is 14.4 Å². The summed E-state index contributed by atoms with van der Waals surface area (Å²) in [6.45, 7) is 0. The van der Waals surface area contributed by atoms with Crippen LogP contribution in [0.2, 0.25) is 0 Å². The zero-order valence-corrected chi connectivity index (χ0v) is 36.6. The summed E-state index contributed by atoms with van der Waals surface area (Å²) in [5.74, 6) is 2.08. The predicted molar refractivity (Wildman–Crippen MR) is 269 cm³/mol. The molecule has 3 heteroatoms. The molecular formula is C61H55N3. The van der Waals surface area contributed by atoms with E-state index >= 15 is 0 Å². The maximum Gasteiger partial charge on any atom is 0.0561 e. The van der Waals surface area contributed by atoms with Crippen molar-refractivity contribution in [2.24, 2.45) is 11.8 Å². The molecule has 3 unspecified atom stereocenters. The lowest BCUT2D eigenvalue weighted by Crippen LogP contribution is -2.34. The minimum atomic E-state index is -0.00763. The van der Waals surface area contributed by atoms with Crippen molar-refractivity contribution in [2.45, 2.75) is 69.1 Å². The second-order valence-corrected chi connectivity index (χ2v) is 18.8. The van der Waals surface area contributed by atoms with Gasteiger partial charge in [0, 0.05) is 56.0 Å². The molecule has 314 valence electrons. The summed E-state index contributed by atoms with van der Waals surface area (Å²) in [6.07, 6.45) is 11.8. The zero-order chi connectivity index (χ0) is 42.5. The van der Waals surface area contributed by atoms with Crippen LogP contribution in [0.3, 0.4) is 0 Å². The van der Waals surface area contributed by atoms with Crippen LogP contribution in [-0.4, -0.2) is 4.57 Å². The fourth-order valence-electron chi connectivity index (χ4n) is 12.4. The Morgan fingerprint density at radius 2 is 0.906 bits per heavy atom. The normalized spacial score (nSPS) is 19.6. The molecule has 1 aromatic heterocycles. The SMILES string of the molecule is c1ccc(N(c2ccccc2)c2ccc(C3(c4ccc(N(c5ccc(C6CCCCC6)cc5)c5ccc6c7ccccc7n(-c7ccccc7)c6c5)cc4)CC4CCC3C4)cc2)cc1. The van der Waals surface area contributed by atoms with E-state index in [1.807, 2.05) is 0 Å². The highest BCUT2D eigenvalue weighted by molar-refractivity contribution is 6.10. The van der Waals surface area contributed by atoms with E-state index in [-0.39, 0.29) is 5.41 Å². The largest absolute Gasteiger partial charge is 0.311 e. The zero-order valence-electron chi connectivity index (χ0n) is 36.6. The van der Waals surface area contributed by atoms with Gasteiger partial charge in [-0.15, -0.1) is 0 Å². The Morgan fingerprint density at radius 3 is 1.48 bits per heavy atom. The van der Waals surface area contributed by atoms with Crippen molar-refractivity contribution < 1.29 is 0 Å². The molecule has 3 fully saturated rings. The first-order valence-electron chi connectivity index (χ1n) is 23.8. The summed E-state index contributed by atoms with van der Waals surface area (Å²) < 4.78 is 2.44. The van der Waals surface area contributed by atoms with Crippen molar-refractivity contribution in [1.29, 1.82) is 0 Å². The van der Waals surface area contributed by atoms with Gasteiger partial charge in [-0.2, -0.15) is 0 Å². The van der Waals surface area contributed by atoms with Crippen molar-refractivity contribution in [3.05, 3.63) is 223 Å². The highest BCUT2D eigenvalue weighted by atomic mass is 15.1. The predicted octanol–water partition coefficient (Wildman–Crippen LogP) is 16.9. The van der Waals surface area contributed by atoms with Crippen molar-refractivity contribution in [2.75, 3.05) is 9.80 Å². The van der Waals surface area contributed by atoms with Gasteiger partial charge in [0.25, 0.3) is 0 Å². The maximum atomic E-state index is 2.49. The van der Waals surface area contributed by atoms with Crippen LogP contribution in [0.5, 0.6) is 0 Å². The number of benzene rings is 8. The number of hydrogen-bond donors (Lipinski definition) is 0. The smallest absolute Gasteiger partial charge is 0.0561 e. The third-order valence-electron chi connectivity index (χ3n) is 15.3. The summed E-state index contributed by atoms with van der Waals surface area (Å²) in [7, 11) is 0. The Bertz CT molecular complexity index is 2980. The van der Waals surface area contributed by atoms with Gasteiger partial charge in [0.2, 0.25) is 0 Å². The van der Waals surface area contributed by atoms with Crippen LogP contribution >= 0.6 is 0 Å². The molecule has 0 amide bonds. The van der Waals surface area contributed by atoms with Gasteiger partial charge in [0.05, 0.1) is 11.0 Å². The van der Waals surface area contributed by atoms with Gasteiger partial charge in [-0.1, -0.05) is 141 Å². The Kier molecular flexibility index (Phi) is 9.93. The first-order chi connectivity index (χ1) is 31.7.